The molecule has 1 aromatic carbocycles. The molecule has 2 aromatic rings. The van der Waals surface area contributed by atoms with Crippen molar-refractivity contribution < 1.29 is 0 Å². The molecule has 1 heterocycles. The second-order valence-electron chi connectivity index (χ2n) is 6.65. The molecule has 2 rings (SSSR count). The van der Waals surface area contributed by atoms with E-state index in [1.807, 2.05) is 6.07 Å². The molecule has 0 saturated heterocycles. The molecular weight excluding hydrogens is 258 g/mol. The number of benzene rings is 1. The number of nitrogens with two attached hydrogens (primary N) is 1. The Hall–Kier alpha value is -1.77. The van der Waals surface area contributed by atoms with Crippen molar-refractivity contribution >= 4 is 5.82 Å². The van der Waals surface area contributed by atoms with Crippen LogP contribution < -0.4 is 5.73 Å². The average molecular weight is 285 g/mol. The van der Waals surface area contributed by atoms with Gasteiger partial charge in [0.1, 0.15) is 11.6 Å². The maximum atomic E-state index is 6.35. The van der Waals surface area contributed by atoms with Gasteiger partial charge in [-0.15, -0.1) is 0 Å². The summed E-state index contributed by atoms with van der Waals surface area (Å²) in [6.07, 6.45) is 2.95. The fraction of sp³-hybridized carbons (Fsp3) is 0.500. The lowest BCUT2D eigenvalue weighted by molar-refractivity contribution is 0.497. The Labute approximate surface area is 128 Å². The fourth-order valence-corrected chi connectivity index (χ4v) is 2.63. The zero-order chi connectivity index (χ0) is 15.5. The average Bonchev–Trinajstić information content (AvgIpc) is 2.75. The largest absolute Gasteiger partial charge is 0.384 e. The van der Waals surface area contributed by atoms with E-state index in [1.165, 1.54) is 5.56 Å². The fourth-order valence-electron chi connectivity index (χ4n) is 2.63. The number of aryl methyl sites for hydroxylation is 2. The van der Waals surface area contributed by atoms with E-state index < -0.39 is 0 Å². The summed E-state index contributed by atoms with van der Waals surface area (Å²) in [6, 6.07) is 10.5. The van der Waals surface area contributed by atoms with Gasteiger partial charge in [0.2, 0.25) is 0 Å². The molecule has 3 nitrogen and oxygen atoms in total. The third kappa shape index (κ3) is 3.66. The quantitative estimate of drug-likeness (QED) is 0.903. The molecular formula is C18H27N3. The van der Waals surface area contributed by atoms with Crippen LogP contribution in [0.1, 0.15) is 51.2 Å². The lowest BCUT2D eigenvalue weighted by atomic mass is 9.95. The van der Waals surface area contributed by atoms with Crippen LogP contribution in [0.4, 0.5) is 5.82 Å². The maximum absolute atomic E-state index is 6.35. The first-order valence-corrected chi connectivity index (χ1v) is 7.82. The van der Waals surface area contributed by atoms with Crippen molar-refractivity contribution in [3.8, 4) is 0 Å². The van der Waals surface area contributed by atoms with Crippen molar-refractivity contribution in [1.29, 1.82) is 0 Å². The number of imidazole rings is 1. The van der Waals surface area contributed by atoms with Crippen LogP contribution in [0, 0.1) is 0 Å². The lowest BCUT2D eigenvalue weighted by Gasteiger charge is -2.19. The van der Waals surface area contributed by atoms with E-state index in [0.29, 0.717) is 0 Å². The molecule has 0 unspecified atom stereocenters. The van der Waals surface area contributed by atoms with Crippen LogP contribution in [0.2, 0.25) is 0 Å². The molecule has 0 spiro atoms. The highest BCUT2D eigenvalue weighted by atomic mass is 15.1. The number of nitrogens with zero attached hydrogens (tertiary/aromatic N) is 2. The number of hydrogen-bond donors (Lipinski definition) is 1. The van der Waals surface area contributed by atoms with E-state index in [4.69, 9.17) is 10.7 Å². The van der Waals surface area contributed by atoms with Crippen LogP contribution in [-0.4, -0.2) is 9.55 Å². The number of rotatable bonds is 5. The molecule has 0 aliphatic heterocycles. The van der Waals surface area contributed by atoms with E-state index >= 15 is 0 Å². The molecule has 3 heteroatoms. The maximum Gasteiger partial charge on any atom is 0.126 e. The first-order valence-electron chi connectivity index (χ1n) is 7.82. The summed E-state index contributed by atoms with van der Waals surface area (Å²) >= 11 is 0. The van der Waals surface area contributed by atoms with E-state index in [0.717, 1.165) is 43.1 Å². The predicted molar refractivity (Wildman–Crippen MR) is 89.5 cm³/mol. The van der Waals surface area contributed by atoms with Gasteiger partial charge in [0, 0.05) is 12.0 Å². The van der Waals surface area contributed by atoms with Crippen LogP contribution >= 0.6 is 0 Å². The molecule has 0 atom stereocenters. The highest BCUT2D eigenvalue weighted by Crippen LogP contribution is 2.27. The Morgan fingerprint density at radius 1 is 1.10 bits per heavy atom. The number of anilines is 1. The summed E-state index contributed by atoms with van der Waals surface area (Å²) in [6.45, 7) is 9.71. The van der Waals surface area contributed by atoms with Gasteiger partial charge in [-0.05, 0) is 24.8 Å². The van der Waals surface area contributed by atoms with E-state index in [1.54, 1.807) is 0 Å². The molecule has 0 bridgehead atoms. The Morgan fingerprint density at radius 2 is 1.76 bits per heavy atom. The van der Waals surface area contributed by atoms with E-state index in [-0.39, 0.29) is 5.41 Å². The number of hydrogen-bond acceptors (Lipinski definition) is 2. The first kappa shape index (κ1) is 15.6. The minimum absolute atomic E-state index is 0.0221. The Kier molecular flexibility index (Phi) is 4.71. The summed E-state index contributed by atoms with van der Waals surface area (Å²) < 4.78 is 2.19. The minimum Gasteiger partial charge on any atom is -0.384 e. The van der Waals surface area contributed by atoms with Crippen LogP contribution in [0.3, 0.4) is 0 Å². The minimum atomic E-state index is 0.0221. The SMILES string of the molecule is CCCn1c(C(C)(C)C)nc(CCc2ccccc2)c1N. The topological polar surface area (TPSA) is 43.8 Å². The normalized spacial score (nSPS) is 11.8. The first-order chi connectivity index (χ1) is 9.93. The van der Waals surface area contributed by atoms with Crippen LogP contribution in [0.25, 0.3) is 0 Å². The standard InChI is InChI=1S/C18H27N3/c1-5-13-21-16(19)15(20-17(21)18(2,3)4)12-11-14-9-7-6-8-10-14/h6-10H,5,11-13,19H2,1-4H3. The van der Waals surface area contributed by atoms with Gasteiger partial charge in [0.05, 0.1) is 5.69 Å². The van der Waals surface area contributed by atoms with Gasteiger partial charge in [-0.3, -0.25) is 0 Å². The Bertz CT molecular complexity index is 577. The van der Waals surface area contributed by atoms with E-state index in [2.05, 4.69) is 56.5 Å². The van der Waals surface area contributed by atoms with Gasteiger partial charge < -0.3 is 10.3 Å². The Morgan fingerprint density at radius 3 is 2.33 bits per heavy atom. The van der Waals surface area contributed by atoms with Gasteiger partial charge in [-0.25, -0.2) is 4.98 Å². The molecule has 0 amide bonds. The smallest absolute Gasteiger partial charge is 0.126 e. The van der Waals surface area contributed by atoms with E-state index in [9.17, 15) is 0 Å². The van der Waals surface area contributed by atoms with Crippen molar-refractivity contribution in [2.24, 2.45) is 0 Å². The lowest BCUT2D eigenvalue weighted by Crippen LogP contribution is -2.19. The second-order valence-corrected chi connectivity index (χ2v) is 6.65. The van der Waals surface area contributed by atoms with Crippen molar-refractivity contribution in [2.75, 3.05) is 5.73 Å². The Balaban J connectivity index is 2.24. The van der Waals surface area contributed by atoms with Gasteiger partial charge in [0.15, 0.2) is 0 Å². The molecule has 114 valence electrons. The van der Waals surface area contributed by atoms with Gasteiger partial charge in [-0.1, -0.05) is 58.0 Å². The van der Waals surface area contributed by atoms with Gasteiger partial charge in [-0.2, -0.15) is 0 Å². The van der Waals surface area contributed by atoms with Crippen molar-refractivity contribution in [1.82, 2.24) is 9.55 Å². The van der Waals surface area contributed by atoms with Crippen LogP contribution in [0.15, 0.2) is 30.3 Å². The third-order valence-corrected chi connectivity index (χ3v) is 3.69. The summed E-state index contributed by atoms with van der Waals surface area (Å²) in [5.74, 6) is 1.95. The van der Waals surface area contributed by atoms with Crippen molar-refractivity contribution in [3.63, 3.8) is 0 Å². The summed E-state index contributed by atoms with van der Waals surface area (Å²) in [7, 11) is 0. The van der Waals surface area contributed by atoms with Crippen molar-refractivity contribution in [2.45, 2.75) is 58.9 Å². The molecule has 21 heavy (non-hydrogen) atoms. The monoisotopic (exact) mass is 285 g/mol. The molecule has 0 saturated carbocycles. The second kappa shape index (κ2) is 6.33. The summed E-state index contributed by atoms with van der Waals surface area (Å²) in [4.78, 5) is 4.85. The highest BCUT2D eigenvalue weighted by molar-refractivity contribution is 5.40. The zero-order valence-corrected chi connectivity index (χ0v) is 13.7. The predicted octanol–water partition coefficient (Wildman–Crippen LogP) is 3.96. The van der Waals surface area contributed by atoms with Crippen molar-refractivity contribution in [3.05, 3.63) is 47.4 Å². The number of nitrogen functional groups attached to an aromatic ring is 1. The molecule has 0 fully saturated rings. The molecule has 1 aromatic heterocycles. The summed E-state index contributed by atoms with van der Waals surface area (Å²) in [5, 5.41) is 0. The van der Waals surface area contributed by atoms with Gasteiger partial charge >= 0.3 is 0 Å². The highest BCUT2D eigenvalue weighted by Gasteiger charge is 2.24. The van der Waals surface area contributed by atoms with Crippen LogP contribution in [-0.2, 0) is 24.8 Å². The molecule has 0 aliphatic rings. The molecule has 0 aliphatic carbocycles. The van der Waals surface area contributed by atoms with Gasteiger partial charge in [0.25, 0.3) is 0 Å². The third-order valence-electron chi connectivity index (χ3n) is 3.69. The zero-order valence-electron chi connectivity index (χ0n) is 13.7. The molecule has 2 N–H and O–H groups in total. The molecule has 0 radical (unpaired) electrons. The van der Waals surface area contributed by atoms with Crippen LogP contribution in [0.5, 0.6) is 0 Å². The number of aromatic nitrogens is 2. The summed E-state index contributed by atoms with van der Waals surface area (Å²) in [5.41, 5.74) is 8.75.